The topological polar surface area (TPSA) is 64.1 Å². The Labute approximate surface area is 414 Å². The predicted molar refractivity (Wildman–Crippen MR) is 290 cm³/mol. The fourth-order valence-electron chi connectivity index (χ4n) is 10.6. The number of hydrogen-bond acceptors (Lipinski definition) is 4. The van der Waals surface area contributed by atoms with E-state index in [2.05, 4.69) is 42.4 Å². The second-order valence-corrected chi connectivity index (χ2v) is 21.5. The number of amides is 2. The van der Waals surface area contributed by atoms with Crippen LogP contribution in [0.5, 0.6) is 0 Å². The molecule has 1 N–H and O–H groups in total. The Morgan fingerprint density at radius 1 is 0.318 bits per heavy atom. The number of aliphatic hydroxyl groups excluding tert-OH is 1. The second kappa shape index (κ2) is 48.9. The van der Waals surface area contributed by atoms with Gasteiger partial charge in [0.2, 0.25) is 11.8 Å². The average Bonchev–Trinajstić information content (AvgIpc) is 3.32. The summed E-state index contributed by atoms with van der Waals surface area (Å²) in [5.74, 6) is 0.822. The van der Waals surface area contributed by atoms with E-state index in [1.165, 1.54) is 251 Å². The predicted octanol–water partition coefficient (Wildman–Crippen LogP) is 17.7. The summed E-state index contributed by atoms with van der Waals surface area (Å²) in [6.07, 6.45) is 56.9. The summed E-state index contributed by atoms with van der Waals surface area (Å²) in [7, 11) is 0. The molecule has 0 spiro atoms. The largest absolute Gasteiger partial charge is 0.393 e. The molecule has 0 saturated heterocycles. The van der Waals surface area contributed by atoms with Crippen molar-refractivity contribution >= 4 is 11.8 Å². The maximum absolute atomic E-state index is 13.5. The molecule has 1 rings (SSSR count). The van der Waals surface area contributed by atoms with Gasteiger partial charge in [0.05, 0.1) is 6.10 Å². The van der Waals surface area contributed by atoms with Crippen molar-refractivity contribution in [2.45, 2.75) is 335 Å². The minimum atomic E-state index is -0.104. The number of aliphatic hydroxyl groups is 1. The first-order valence-corrected chi connectivity index (χ1v) is 30.4. The zero-order chi connectivity index (χ0) is 47.8. The minimum Gasteiger partial charge on any atom is -0.393 e. The lowest BCUT2D eigenvalue weighted by Gasteiger charge is -2.36. The van der Waals surface area contributed by atoms with Crippen LogP contribution < -0.4 is 0 Å². The SMILES string of the molecule is CCCCCCCCCCCCN(CCCCCC)C(=O)CCCCCCCN(CCCCCCCC(=O)N(CCCCCCCCCC)CCCCCCCCCC)C1CCC(O)CC1. The van der Waals surface area contributed by atoms with E-state index in [4.69, 9.17) is 0 Å². The molecule has 6 nitrogen and oxygen atoms in total. The van der Waals surface area contributed by atoms with Gasteiger partial charge < -0.3 is 19.8 Å². The summed E-state index contributed by atoms with van der Waals surface area (Å²) in [5, 5.41) is 10.2. The molecule has 0 bridgehead atoms. The van der Waals surface area contributed by atoms with Crippen LogP contribution in [-0.2, 0) is 9.59 Å². The van der Waals surface area contributed by atoms with Crippen LogP contribution in [0, 0.1) is 0 Å². The Balaban J connectivity index is 2.41. The second-order valence-electron chi connectivity index (χ2n) is 21.5. The molecule has 1 aliphatic carbocycles. The van der Waals surface area contributed by atoms with Gasteiger partial charge >= 0.3 is 0 Å². The van der Waals surface area contributed by atoms with Crippen molar-refractivity contribution in [2.75, 3.05) is 39.3 Å². The van der Waals surface area contributed by atoms with Gasteiger partial charge in [-0.2, -0.15) is 0 Å². The van der Waals surface area contributed by atoms with E-state index in [0.717, 1.165) is 84.0 Å². The Morgan fingerprint density at radius 2 is 0.545 bits per heavy atom. The first kappa shape index (κ1) is 62.9. The molecule has 1 aliphatic rings. The number of nitrogens with zero attached hydrogens (tertiary/aromatic N) is 3. The van der Waals surface area contributed by atoms with Gasteiger partial charge in [0.25, 0.3) is 0 Å². The fourth-order valence-corrected chi connectivity index (χ4v) is 10.6. The van der Waals surface area contributed by atoms with Gasteiger partial charge in [0.15, 0.2) is 0 Å². The molecule has 392 valence electrons. The average molecular weight is 931 g/mol. The lowest BCUT2D eigenvalue weighted by Crippen LogP contribution is -2.40. The van der Waals surface area contributed by atoms with Crippen molar-refractivity contribution in [2.24, 2.45) is 0 Å². The van der Waals surface area contributed by atoms with E-state index < -0.39 is 0 Å². The van der Waals surface area contributed by atoms with Crippen molar-refractivity contribution in [3.8, 4) is 0 Å². The zero-order valence-electron chi connectivity index (χ0n) is 45.5. The zero-order valence-corrected chi connectivity index (χ0v) is 45.5. The Kier molecular flexibility index (Phi) is 46.6. The molecule has 0 aliphatic heterocycles. The Bertz CT molecular complexity index is 995. The maximum Gasteiger partial charge on any atom is 0.222 e. The number of hydrogen-bond donors (Lipinski definition) is 1. The van der Waals surface area contributed by atoms with Gasteiger partial charge in [-0.05, 0) is 90.1 Å². The van der Waals surface area contributed by atoms with Gasteiger partial charge in [0.1, 0.15) is 0 Å². The summed E-state index contributed by atoms with van der Waals surface area (Å²) in [5.41, 5.74) is 0. The lowest BCUT2D eigenvalue weighted by molar-refractivity contribution is -0.132. The molecule has 0 aromatic carbocycles. The van der Waals surface area contributed by atoms with Gasteiger partial charge in [-0.15, -0.1) is 0 Å². The monoisotopic (exact) mass is 930 g/mol. The van der Waals surface area contributed by atoms with E-state index in [-0.39, 0.29) is 6.10 Å². The number of rotatable bonds is 51. The number of unbranched alkanes of at least 4 members (excludes halogenated alkanes) is 34. The van der Waals surface area contributed by atoms with Gasteiger partial charge in [0, 0.05) is 45.1 Å². The van der Waals surface area contributed by atoms with Crippen LogP contribution in [-0.4, -0.2) is 83.0 Å². The summed E-state index contributed by atoms with van der Waals surface area (Å²) < 4.78 is 0. The summed E-state index contributed by atoms with van der Waals surface area (Å²) in [6.45, 7) is 15.3. The van der Waals surface area contributed by atoms with Crippen molar-refractivity contribution < 1.29 is 14.7 Å². The number of carbonyl (C=O) groups is 2. The molecule has 1 saturated carbocycles. The third kappa shape index (κ3) is 38.7. The summed E-state index contributed by atoms with van der Waals surface area (Å²) >= 11 is 0. The molecule has 1 fully saturated rings. The van der Waals surface area contributed by atoms with E-state index in [1.54, 1.807) is 0 Å². The van der Waals surface area contributed by atoms with Crippen molar-refractivity contribution in [3.63, 3.8) is 0 Å². The van der Waals surface area contributed by atoms with Gasteiger partial charge in [-0.25, -0.2) is 0 Å². The smallest absolute Gasteiger partial charge is 0.222 e. The van der Waals surface area contributed by atoms with Crippen LogP contribution in [0.3, 0.4) is 0 Å². The molecular weight excluding hydrogens is 811 g/mol. The lowest BCUT2D eigenvalue weighted by atomic mass is 9.91. The maximum atomic E-state index is 13.5. The van der Waals surface area contributed by atoms with Crippen LogP contribution in [0.1, 0.15) is 323 Å². The van der Waals surface area contributed by atoms with Crippen molar-refractivity contribution in [1.29, 1.82) is 0 Å². The first-order valence-electron chi connectivity index (χ1n) is 30.4. The molecule has 0 aromatic heterocycles. The van der Waals surface area contributed by atoms with E-state index in [1.807, 2.05) is 0 Å². The Morgan fingerprint density at radius 3 is 0.833 bits per heavy atom. The van der Waals surface area contributed by atoms with Crippen LogP contribution in [0.15, 0.2) is 0 Å². The van der Waals surface area contributed by atoms with Crippen molar-refractivity contribution in [3.05, 3.63) is 0 Å². The fraction of sp³-hybridized carbons (Fsp3) is 0.967. The molecular formula is C60H119N3O3. The van der Waals surface area contributed by atoms with Crippen LogP contribution in [0.2, 0.25) is 0 Å². The standard InChI is InChI=1S/C60H119N3O3/c1-5-9-13-17-20-23-24-27-34-44-54-62(53-39-16-12-8-4)59(65)45-37-30-28-35-40-51-61(57-47-49-58(64)50-48-57)52-41-36-29-31-38-46-60(66)63(55-42-32-25-21-18-14-10-6-2)56-43-33-26-22-19-15-11-7-3/h57-58,64H,5-56H2,1-4H3. The summed E-state index contributed by atoms with van der Waals surface area (Å²) in [6, 6.07) is 0.621. The van der Waals surface area contributed by atoms with E-state index >= 15 is 0 Å². The highest BCUT2D eigenvalue weighted by atomic mass is 16.3. The third-order valence-electron chi connectivity index (χ3n) is 15.2. The molecule has 0 unspecified atom stereocenters. The Hall–Kier alpha value is -1.14. The molecule has 0 heterocycles. The highest BCUT2D eigenvalue weighted by molar-refractivity contribution is 5.76. The molecule has 66 heavy (non-hydrogen) atoms. The molecule has 0 aromatic rings. The molecule has 0 atom stereocenters. The minimum absolute atomic E-state index is 0.104. The van der Waals surface area contributed by atoms with Gasteiger partial charge in [-0.1, -0.05) is 233 Å². The van der Waals surface area contributed by atoms with Crippen LogP contribution in [0.25, 0.3) is 0 Å². The first-order chi connectivity index (χ1) is 32.5. The summed E-state index contributed by atoms with van der Waals surface area (Å²) in [4.78, 5) is 34.1. The molecule has 0 radical (unpaired) electrons. The van der Waals surface area contributed by atoms with Crippen molar-refractivity contribution in [1.82, 2.24) is 14.7 Å². The molecule has 2 amide bonds. The number of carbonyl (C=O) groups excluding carboxylic acids is 2. The van der Waals surface area contributed by atoms with Crippen LogP contribution in [0.4, 0.5) is 0 Å². The van der Waals surface area contributed by atoms with E-state index in [9.17, 15) is 14.7 Å². The highest BCUT2D eigenvalue weighted by Gasteiger charge is 2.24. The van der Waals surface area contributed by atoms with E-state index in [0.29, 0.717) is 17.9 Å². The quantitative estimate of drug-likeness (QED) is 0.0617. The third-order valence-corrected chi connectivity index (χ3v) is 15.2. The van der Waals surface area contributed by atoms with Crippen LogP contribution >= 0.6 is 0 Å². The normalized spacial score (nSPS) is 15.2. The highest BCUT2D eigenvalue weighted by Crippen LogP contribution is 2.25. The molecule has 6 heteroatoms. The van der Waals surface area contributed by atoms with Gasteiger partial charge in [-0.3, -0.25) is 9.59 Å².